The summed E-state index contributed by atoms with van der Waals surface area (Å²) in [5.41, 5.74) is 5.68. The van der Waals surface area contributed by atoms with Gasteiger partial charge in [0.25, 0.3) is 0 Å². The van der Waals surface area contributed by atoms with Gasteiger partial charge >= 0.3 is 0 Å². The molecule has 126 valence electrons. The summed E-state index contributed by atoms with van der Waals surface area (Å²) in [5, 5.41) is 0. The maximum atomic E-state index is 12.2. The molecule has 2 aliphatic heterocycles. The van der Waals surface area contributed by atoms with E-state index >= 15 is 0 Å². The van der Waals surface area contributed by atoms with E-state index in [-0.39, 0.29) is 23.9 Å². The van der Waals surface area contributed by atoms with Crippen LogP contribution in [-0.4, -0.2) is 52.8 Å². The van der Waals surface area contributed by atoms with Crippen LogP contribution in [0.25, 0.3) is 0 Å². The summed E-state index contributed by atoms with van der Waals surface area (Å²) in [6.45, 7) is 5.88. The molecule has 0 aliphatic carbocycles. The predicted octanol–water partition coefficient (Wildman–Crippen LogP) is 1.90. The fraction of sp³-hybridized carbons (Fsp3) is 0.882. The maximum Gasteiger partial charge on any atom is 0.234 e. The predicted molar refractivity (Wildman–Crippen MR) is 87.3 cm³/mol. The van der Waals surface area contributed by atoms with Gasteiger partial charge in [0.15, 0.2) is 0 Å². The first-order valence-electron chi connectivity index (χ1n) is 8.94. The second-order valence-corrected chi connectivity index (χ2v) is 6.66. The van der Waals surface area contributed by atoms with Crippen molar-refractivity contribution in [2.24, 2.45) is 5.73 Å². The Morgan fingerprint density at radius 3 is 2.45 bits per heavy atom. The summed E-state index contributed by atoms with van der Waals surface area (Å²) in [4.78, 5) is 28.5. The van der Waals surface area contributed by atoms with E-state index in [0.717, 1.165) is 58.0 Å². The van der Waals surface area contributed by atoms with Crippen molar-refractivity contribution in [3.05, 3.63) is 0 Å². The van der Waals surface area contributed by atoms with Crippen LogP contribution in [0.4, 0.5) is 0 Å². The third kappa shape index (κ3) is 3.62. The standard InChI is InChI=1S/C17H31N3O2/c1-3-5-8-15(17(18)22)19-11-6-9-13(19)14-10-7-12-20(14)16(21)4-2/h13-15H,3-12H2,1-2H3,(H2,18,22)/t13-,14+,15+/m0/s1. The normalized spacial score (nSPS) is 27.3. The lowest BCUT2D eigenvalue weighted by atomic mass is 9.99. The van der Waals surface area contributed by atoms with Crippen LogP contribution in [0.1, 0.15) is 65.2 Å². The number of hydrogen-bond donors (Lipinski definition) is 1. The topological polar surface area (TPSA) is 66.6 Å². The first-order valence-corrected chi connectivity index (χ1v) is 8.94. The van der Waals surface area contributed by atoms with E-state index < -0.39 is 0 Å². The molecule has 0 spiro atoms. The van der Waals surface area contributed by atoms with E-state index in [2.05, 4.69) is 16.7 Å². The van der Waals surface area contributed by atoms with Crippen molar-refractivity contribution in [1.29, 1.82) is 0 Å². The van der Waals surface area contributed by atoms with E-state index in [1.54, 1.807) is 0 Å². The van der Waals surface area contributed by atoms with Crippen molar-refractivity contribution in [1.82, 2.24) is 9.80 Å². The molecule has 2 N–H and O–H groups in total. The van der Waals surface area contributed by atoms with Gasteiger partial charge in [-0.25, -0.2) is 0 Å². The van der Waals surface area contributed by atoms with E-state index in [1.807, 2.05) is 6.92 Å². The molecular weight excluding hydrogens is 278 g/mol. The number of unbranched alkanes of at least 4 members (excludes halogenated alkanes) is 1. The summed E-state index contributed by atoms with van der Waals surface area (Å²) in [6.07, 6.45) is 7.84. The average Bonchev–Trinajstić information content (AvgIpc) is 3.14. The highest BCUT2D eigenvalue weighted by Crippen LogP contribution is 2.32. The van der Waals surface area contributed by atoms with E-state index in [9.17, 15) is 9.59 Å². The van der Waals surface area contributed by atoms with Crippen LogP contribution in [0.15, 0.2) is 0 Å². The molecule has 0 radical (unpaired) electrons. The fourth-order valence-electron chi connectivity index (χ4n) is 4.19. The highest BCUT2D eigenvalue weighted by atomic mass is 16.2. The largest absolute Gasteiger partial charge is 0.368 e. The van der Waals surface area contributed by atoms with Crippen LogP contribution in [-0.2, 0) is 9.59 Å². The number of primary amides is 1. The Labute approximate surface area is 134 Å². The SMILES string of the molecule is CCCC[C@H](C(N)=O)N1CCC[C@H]1[C@H]1CCCN1C(=O)CC. The van der Waals surface area contributed by atoms with Crippen LogP contribution in [0.3, 0.4) is 0 Å². The monoisotopic (exact) mass is 309 g/mol. The molecule has 22 heavy (non-hydrogen) atoms. The second-order valence-electron chi connectivity index (χ2n) is 6.66. The zero-order chi connectivity index (χ0) is 16.1. The van der Waals surface area contributed by atoms with Gasteiger partial charge in [0, 0.05) is 25.0 Å². The molecule has 0 unspecified atom stereocenters. The van der Waals surface area contributed by atoms with Crippen LogP contribution in [0.2, 0.25) is 0 Å². The van der Waals surface area contributed by atoms with Gasteiger partial charge in [-0.05, 0) is 38.6 Å². The number of nitrogens with two attached hydrogens (primary N) is 1. The zero-order valence-electron chi connectivity index (χ0n) is 14.1. The van der Waals surface area contributed by atoms with Crippen molar-refractivity contribution in [3.8, 4) is 0 Å². The summed E-state index contributed by atoms with van der Waals surface area (Å²) in [7, 11) is 0. The lowest BCUT2D eigenvalue weighted by molar-refractivity contribution is -0.133. The molecule has 2 saturated heterocycles. The van der Waals surface area contributed by atoms with Gasteiger partial charge in [-0.3, -0.25) is 14.5 Å². The number of hydrogen-bond acceptors (Lipinski definition) is 3. The van der Waals surface area contributed by atoms with Crippen LogP contribution >= 0.6 is 0 Å². The molecule has 5 heteroatoms. The van der Waals surface area contributed by atoms with Crippen LogP contribution in [0, 0.1) is 0 Å². The number of carbonyl (C=O) groups is 2. The molecule has 0 aromatic carbocycles. The van der Waals surface area contributed by atoms with Gasteiger partial charge in [0.2, 0.25) is 11.8 Å². The van der Waals surface area contributed by atoms with Crippen LogP contribution < -0.4 is 5.73 Å². The van der Waals surface area contributed by atoms with Gasteiger partial charge < -0.3 is 10.6 Å². The molecule has 0 aromatic heterocycles. The smallest absolute Gasteiger partial charge is 0.234 e. The lowest BCUT2D eigenvalue weighted by Crippen LogP contribution is -2.54. The molecule has 2 rings (SSSR count). The highest BCUT2D eigenvalue weighted by Gasteiger charge is 2.42. The summed E-state index contributed by atoms with van der Waals surface area (Å²) in [5.74, 6) is 0.0465. The lowest BCUT2D eigenvalue weighted by Gasteiger charge is -2.38. The zero-order valence-corrected chi connectivity index (χ0v) is 14.1. The number of amides is 2. The Balaban J connectivity index is 2.11. The molecule has 2 heterocycles. The molecule has 2 amide bonds. The molecular formula is C17H31N3O2. The van der Waals surface area contributed by atoms with Gasteiger partial charge in [-0.1, -0.05) is 26.7 Å². The Kier molecular flexibility index (Phi) is 6.24. The summed E-state index contributed by atoms with van der Waals surface area (Å²) < 4.78 is 0. The summed E-state index contributed by atoms with van der Waals surface area (Å²) in [6, 6.07) is 0.428. The van der Waals surface area contributed by atoms with Crippen LogP contribution in [0.5, 0.6) is 0 Å². The number of carbonyl (C=O) groups excluding carboxylic acids is 2. The molecule has 3 atom stereocenters. The maximum absolute atomic E-state index is 12.2. The van der Waals surface area contributed by atoms with Gasteiger partial charge in [0.1, 0.15) is 0 Å². The Morgan fingerprint density at radius 2 is 1.82 bits per heavy atom. The number of nitrogens with zero attached hydrogens (tertiary/aromatic N) is 2. The van der Waals surface area contributed by atoms with E-state index in [1.165, 1.54) is 0 Å². The quantitative estimate of drug-likeness (QED) is 0.781. The molecule has 0 aromatic rings. The summed E-state index contributed by atoms with van der Waals surface area (Å²) >= 11 is 0. The molecule has 2 aliphatic rings. The van der Waals surface area contributed by atoms with Crippen molar-refractivity contribution in [3.63, 3.8) is 0 Å². The molecule has 5 nitrogen and oxygen atoms in total. The Morgan fingerprint density at radius 1 is 1.14 bits per heavy atom. The Hall–Kier alpha value is -1.10. The fourth-order valence-corrected chi connectivity index (χ4v) is 4.19. The molecule has 0 bridgehead atoms. The minimum Gasteiger partial charge on any atom is -0.368 e. The molecule has 2 fully saturated rings. The highest BCUT2D eigenvalue weighted by molar-refractivity contribution is 5.80. The van der Waals surface area contributed by atoms with Crippen molar-refractivity contribution < 1.29 is 9.59 Å². The first kappa shape index (κ1) is 17.3. The minimum atomic E-state index is -0.202. The third-order valence-corrected chi connectivity index (χ3v) is 5.27. The second kappa shape index (κ2) is 7.95. The number of likely N-dealkylation sites (tertiary alicyclic amines) is 2. The third-order valence-electron chi connectivity index (χ3n) is 5.27. The first-order chi connectivity index (χ1) is 10.6. The molecule has 0 saturated carbocycles. The van der Waals surface area contributed by atoms with Crippen molar-refractivity contribution in [2.45, 2.75) is 83.3 Å². The van der Waals surface area contributed by atoms with E-state index in [0.29, 0.717) is 12.5 Å². The van der Waals surface area contributed by atoms with Gasteiger partial charge in [-0.2, -0.15) is 0 Å². The van der Waals surface area contributed by atoms with Gasteiger partial charge in [-0.15, -0.1) is 0 Å². The average molecular weight is 309 g/mol. The number of rotatable bonds is 7. The Bertz CT molecular complexity index is 399. The van der Waals surface area contributed by atoms with Gasteiger partial charge in [0.05, 0.1) is 6.04 Å². The van der Waals surface area contributed by atoms with Crippen molar-refractivity contribution in [2.75, 3.05) is 13.1 Å². The van der Waals surface area contributed by atoms with Crippen molar-refractivity contribution >= 4 is 11.8 Å². The van der Waals surface area contributed by atoms with E-state index in [4.69, 9.17) is 5.73 Å². The minimum absolute atomic E-state index is 0.161.